The number of rotatable bonds is 1. The molecule has 0 N–H and O–H groups in total. The normalized spacial score (nSPS) is 13.8. The minimum Gasteiger partial charge on any atom is -0.268 e. The Bertz CT molecular complexity index is 720. The molecule has 0 saturated carbocycles. The van der Waals surface area contributed by atoms with Gasteiger partial charge in [0.15, 0.2) is 0 Å². The molecule has 20 heavy (non-hydrogen) atoms. The highest BCUT2D eigenvalue weighted by Crippen LogP contribution is 2.36. The second-order valence-corrected chi connectivity index (χ2v) is 6.91. The van der Waals surface area contributed by atoms with E-state index in [-0.39, 0.29) is 11.8 Å². The van der Waals surface area contributed by atoms with Crippen molar-refractivity contribution in [2.45, 2.75) is 0 Å². The van der Waals surface area contributed by atoms with E-state index < -0.39 is 0 Å². The predicted octanol–water partition coefficient (Wildman–Crippen LogP) is 4.35. The van der Waals surface area contributed by atoms with Crippen LogP contribution in [0.3, 0.4) is 0 Å². The number of imide groups is 1. The largest absolute Gasteiger partial charge is 0.268 e. The minimum atomic E-state index is -0.319. The lowest BCUT2D eigenvalue weighted by Gasteiger charge is -2.15. The number of anilines is 1. The lowest BCUT2D eigenvalue weighted by atomic mass is 10.1. The Morgan fingerprint density at radius 1 is 0.850 bits per heavy atom. The maximum Gasteiger partial charge on any atom is 0.267 e. The van der Waals surface area contributed by atoms with Crippen molar-refractivity contribution in [1.82, 2.24) is 0 Å². The van der Waals surface area contributed by atoms with Crippen LogP contribution >= 0.6 is 56.8 Å². The quantitative estimate of drug-likeness (QED) is 0.424. The number of para-hydroxylation sites is 1. The summed E-state index contributed by atoms with van der Waals surface area (Å²) in [5.41, 5.74) is 1.34. The van der Waals surface area contributed by atoms with Crippen molar-refractivity contribution in [1.29, 1.82) is 0 Å². The summed E-state index contributed by atoms with van der Waals surface area (Å²) < 4.78 is 1.54. The monoisotopic (exact) mass is 509 g/mol. The molecular formula is C14H6ClI2NO2. The van der Waals surface area contributed by atoms with E-state index in [9.17, 15) is 9.59 Å². The third-order valence-corrected chi connectivity index (χ3v) is 5.15. The number of carbonyl (C=O) groups is 2. The van der Waals surface area contributed by atoms with Gasteiger partial charge in [0.25, 0.3) is 11.8 Å². The minimum absolute atomic E-state index is 0.319. The fourth-order valence-electron chi connectivity index (χ4n) is 2.14. The van der Waals surface area contributed by atoms with Crippen molar-refractivity contribution in [3.05, 3.63) is 59.7 Å². The van der Waals surface area contributed by atoms with Crippen LogP contribution < -0.4 is 4.90 Å². The van der Waals surface area contributed by atoms with E-state index in [1.807, 2.05) is 12.1 Å². The Balaban J connectivity index is 2.23. The second-order valence-electron chi connectivity index (χ2n) is 4.18. The number of fused-ring (bicyclic) bond motifs is 1. The lowest BCUT2D eigenvalue weighted by molar-refractivity contribution is 0.0925. The molecule has 0 atom stereocenters. The fourth-order valence-corrected chi connectivity index (χ4v) is 3.72. The maximum absolute atomic E-state index is 12.6. The molecule has 3 rings (SSSR count). The van der Waals surface area contributed by atoms with Crippen molar-refractivity contribution in [3.8, 4) is 0 Å². The highest BCUT2D eigenvalue weighted by atomic mass is 127. The smallest absolute Gasteiger partial charge is 0.267 e. The molecule has 2 aromatic rings. The lowest BCUT2D eigenvalue weighted by Crippen LogP contribution is -2.29. The van der Waals surface area contributed by atoms with Gasteiger partial charge in [0.2, 0.25) is 0 Å². The number of amides is 2. The maximum atomic E-state index is 12.6. The van der Waals surface area contributed by atoms with Crippen molar-refractivity contribution in [2.75, 3.05) is 4.90 Å². The van der Waals surface area contributed by atoms with E-state index in [0.717, 1.165) is 12.0 Å². The van der Waals surface area contributed by atoms with Crippen LogP contribution in [0.15, 0.2) is 36.4 Å². The zero-order valence-electron chi connectivity index (χ0n) is 9.86. The summed E-state index contributed by atoms with van der Waals surface area (Å²) in [6.07, 6.45) is 0. The summed E-state index contributed by atoms with van der Waals surface area (Å²) >= 11 is 10.2. The summed E-state index contributed by atoms with van der Waals surface area (Å²) in [7, 11) is 0. The molecule has 1 aliphatic rings. The average molecular weight is 509 g/mol. The Morgan fingerprint density at radius 3 is 1.85 bits per heavy atom. The van der Waals surface area contributed by atoms with Gasteiger partial charge in [0.1, 0.15) is 0 Å². The van der Waals surface area contributed by atoms with E-state index in [1.165, 1.54) is 0 Å². The topological polar surface area (TPSA) is 37.4 Å². The van der Waals surface area contributed by atoms with Crippen LogP contribution in [-0.2, 0) is 0 Å². The van der Waals surface area contributed by atoms with Gasteiger partial charge in [-0.15, -0.1) is 0 Å². The molecule has 0 aliphatic carbocycles. The predicted molar refractivity (Wildman–Crippen MR) is 94.5 cm³/mol. The fraction of sp³-hybridized carbons (Fsp3) is 0. The van der Waals surface area contributed by atoms with Gasteiger partial charge in [-0.2, -0.15) is 0 Å². The number of hydrogen-bond acceptors (Lipinski definition) is 2. The Kier molecular flexibility index (Phi) is 3.76. The van der Waals surface area contributed by atoms with Crippen molar-refractivity contribution in [3.63, 3.8) is 0 Å². The van der Waals surface area contributed by atoms with E-state index in [4.69, 9.17) is 11.6 Å². The number of benzene rings is 2. The highest BCUT2D eigenvalue weighted by Gasteiger charge is 2.40. The van der Waals surface area contributed by atoms with Gasteiger partial charge >= 0.3 is 0 Å². The Morgan fingerprint density at radius 2 is 1.35 bits per heavy atom. The zero-order valence-corrected chi connectivity index (χ0v) is 14.9. The summed E-state index contributed by atoms with van der Waals surface area (Å²) in [5.74, 6) is -0.637. The first-order chi connectivity index (χ1) is 9.52. The van der Waals surface area contributed by atoms with Crippen LogP contribution in [0.4, 0.5) is 5.69 Å². The molecule has 0 unspecified atom stereocenters. The molecule has 0 fully saturated rings. The van der Waals surface area contributed by atoms with E-state index >= 15 is 0 Å². The number of carbonyl (C=O) groups excluding carboxylic acids is 2. The molecule has 0 aromatic heterocycles. The molecule has 1 heterocycles. The van der Waals surface area contributed by atoms with E-state index in [0.29, 0.717) is 21.8 Å². The van der Waals surface area contributed by atoms with Gasteiger partial charge in [-0.3, -0.25) is 9.59 Å². The molecule has 100 valence electrons. The van der Waals surface area contributed by atoms with Crippen LogP contribution in [0.2, 0.25) is 5.02 Å². The van der Waals surface area contributed by atoms with Crippen LogP contribution in [0, 0.1) is 7.14 Å². The zero-order chi connectivity index (χ0) is 14.4. The van der Waals surface area contributed by atoms with Crippen molar-refractivity contribution < 1.29 is 9.59 Å². The molecule has 3 nitrogen and oxygen atoms in total. The molecule has 0 saturated heterocycles. The van der Waals surface area contributed by atoms with Gasteiger partial charge in [-0.1, -0.05) is 23.7 Å². The summed E-state index contributed by atoms with van der Waals surface area (Å²) in [6, 6.07) is 10.5. The number of hydrogen-bond donors (Lipinski definition) is 0. The molecule has 1 aliphatic heterocycles. The molecule has 0 bridgehead atoms. The first kappa shape index (κ1) is 14.3. The molecular weight excluding hydrogens is 503 g/mol. The summed E-state index contributed by atoms with van der Waals surface area (Å²) in [5, 5.41) is 0.382. The van der Waals surface area contributed by atoms with Gasteiger partial charge in [0, 0.05) is 7.14 Å². The molecule has 2 amide bonds. The third kappa shape index (κ3) is 2.06. The van der Waals surface area contributed by atoms with Crippen molar-refractivity contribution in [2.24, 2.45) is 0 Å². The summed E-state index contributed by atoms with van der Waals surface area (Å²) in [4.78, 5) is 26.3. The molecule has 2 aromatic carbocycles. The Hall–Kier alpha value is -0.670. The van der Waals surface area contributed by atoms with Gasteiger partial charge < -0.3 is 0 Å². The second kappa shape index (κ2) is 5.27. The van der Waals surface area contributed by atoms with E-state index in [1.54, 1.807) is 24.3 Å². The van der Waals surface area contributed by atoms with Gasteiger partial charge in [-0.25, -0.2) is 4.90 Å². The molecule has 0 spiro atoms. The van der Waals surface area contributed by atoms with Gasteiger partial charge in [-0.05, 0) is 69.4 Å². The SMILES string of the molecule is O=C1c2c(I)ccc(I)c2C(=O)N1c1ccccc1Cl. The standard InChI is InChI=1S/C14H6ClI2NO2/c15-7-3-1-2-4-10(7)18-13(19)11-8(16)5-6-9(17)12(11)14(18)20/h1-6H. The highest BCUT2D eigenvalue weighted by molar-refractivity contribution is 14.1. The molecule has 0 radical (unpaired) electrons. The Labute approximate surface area is 147 Å². The molecule has 6 heteroatoms. The average Bonchev–Trinajstić information content (AvgIpc) is 2.68. The third-order valence-electron chi connectivity index (χ3n) is 3.03. The first-order valence-corrected chi connectivity index (χ1v) is 8.17. The van der Waals surface area contributed by atoms with Crippen LogP contribution in [0.25, 0.3) is 0 Å². The number of halogens is 3. The van der Waals surface area contributed by atoms with Crippen LogP contribution in [-0.4, -0.2) is 11.8 Å². The van der Waals surface area contributed by atoms with Crippen LogP contribution in [0.1, 0.15) is 20.7 Å². The first-order valence-electron chi connectivity index (χ1n) is 5.63. The van der Waals surface area contributed by atoms with Gasteiger partial charge in [0.05, 0.1) is 21.8 Å². The van der Waals surface area contributed by atoms with E-state index in [2.05, 4.69) is 45.2 Å². The van der Waals surface area contributed by atoms with Crippen LogP contribution in [0.5, 0.6) is 0 Å². The van der Waals surface area contributed by atoms with Crippen molar-refractivity contribution >= 4 is 74.3 Å². The number of nitrogens with zero attached hydrogens (tertiary/aromatic N) is 1. The summed E-state index contributed by atoms with van der Waals surface area (Å²) in [6.45, 7) is 0.